The van der Waals surface area contributed by atoms with Crippen LogP contribution in [0.2, 0.25) is 0 Å². The minimum Gasteiger partial charge on any atom is -0.382 e. The van der Waals surface area contributed by atoms with Gasteiger partial charge in [-0.3, -0.25) is 4.79 Å². The van der Waals surface area contributed by atoms with E-state index in [-0.39, 0.29) is 31.0 Å². The molecule has 0 aromatic carbocycles. The van der Waals surface area contributed by atoms with E-state index >= 15 is 0 Å². The number of hydrogen-bond acceptors (Lipinski definition) is 4. The normalized spacial score (nSPS) is 11.7. The van der Waals surface area contributed by atoms with Crippen molar-refractivity contribution in [1.82, 2.24) is 4.90 Å². The topological polar surface area (TPSA) is 64.8 Å². The molecule has 2 N–H and O–H groups in total. The second kappa shape index (κ2) is 10.2. The Morgan fingerprint density at radius 1 is 1.47 bits per heavy atom. The lowest BCUT2D eigenvalue weighted by Crippen LogP contribution is -2.41. The van der Waals surface area contributed by atoms with Gasteiger partial charge in [0.2, 0.25) is 5.91 Å². The van der Waals surface area contributed by atoms with Crippen molar-refractivity contribution in [1.29, 1.82) is 0 Å². The van der Waals surface area contributed by atoms with Crippen LogP contribution < -0.4 is 5.73 Å². The molecule has 0 fully saturated rings. The maximum atomic E-state index is 11.4. The van der Waals surface area contributed by atoms with Crippen molar-refractivity contribution in [3.8, 4) is 0 Å². The molecular weight excluding hydrogens is 220 g/mol. The molecule has 0 aliphatic heterocycles. The minimum absolute atomic E-state index is 0. The van der Waals surface area contributed by atoms with E-state index in [1.54, 1.807) is 19.1 Å². The molecule has 0 bridgehead atoms. The molecule has 0 heterocycles. The Kier molecular flexibility index (Phi) is 11.6. The van der Waals surface area contributed by atoms with Crippen molar-refractivity contribution >= 4 is 18.3 Å². The quantitative estimate of drug-likeness (QED) is 0.630. The van der Waals surface area contributed by atoms with Crippen molar-refractivity contribution in [3.63, 3.8) is 0 Å². The van der Waals surface area contributed by atoms with Crippen LogP contribution in [-0.2, 0) is 14.3 Å². The maximum Gasteiger partial charge on any atom is 0.248 e. The summed E-state index contributed by atoms with van der Waals surface area (Å²) >= 11 is 0. The van der Waals surface area contributed by atoms with Gasteiger partial charge in [0.1, 0.15) is 6.61 Å². The third kappa shape index (κ3) is 7.56. The van der Waals surface area contributed by atoms with Gasteiger partial charge in [0.25, 0.3) is 0 Å². The van der Waals surface area contributed by atoms with E-state index < -0.39 is 0 Å². The first-order chi connectivity index (χ1) is 6.63. The van der Waals surface area contributed by atoms with E-state index in [9.17, 15) is 4.79 Å². The van der Waals surface area contributed by atoms with E-state index in [1.165, 1.54) is 0 Å². The molecule has 1 unspecified atom stereocenters. The number of methoxy groups -OCH3 is 1. The van der Waals surface area contributed by atoms with Gasteiger partial charge in [-0.05, 0) is 6.92 Å². The van der Waals surface area contributed by atoms with Crippen molar-refractivity contribution in [2.75, 3.05) is 40.5 Å². The molecule has 0 aromatic heterocycles. The van der Waals surface area contributed by atoms with Crippen LogP contribution in [0.4, 0.5) is 0 Å². The predicted molar refractivity (Wildman–Crippen MR) is 61.2 cm³/mol. The number of ether oxygens (including phenoxy) is 2. The number of carbonyl (C=O) groups excluding carboxylic acids is 1. The summed E-state index contributed by atoms with van der Waals surface area (Å²) in [6.07, 6.45) is 0. The molecule has 0 spiro atoms. The van der Waals surface area contributed by atoms with E-state index in [2.05, 4.69) is 0 Å². The zero-order valence-electron chi connectivity index (χ0n) is 9.56. The van der Waals surface area contributed by atoms with Crippen LogP contribution in [0.3, 0.4) is 0 Å². The molecule has 0 saturated carbocycles. The summed E-state index contributed by atoms with van der Waals surface area (Å²) in [6.45, 7) is 3.38. The first-order valence-corrected chi connectivity index (χ1v) is 4.65. The zero-order valence-corrected chi connectivity index (χ0v) is 10.4. The Morgan fingerprint density at radius 3 is 2.53 bits per heavy atom. The van der Waals surface area contributed by atoms with Crippen LogP contribution in [0.5, 0.6) is 0 Å². The Balaban J connectivity index is 0. The third-order valence-corrected chi connectivity index (χ3v) is 2.05. The van der Waals surface area contributed by atoms with Gasteiger partial charge in [-0.25, -0.2) is 0 Å². The van der Waals surface area contributed by atoms with Crippen molar-refractivity contribution in [2.24, 2.45) is 5.73 Å². The predicted octanol–water partition coefficient (Wildman–Crippen LogP) is -0.123. The van der Waals surface area contributed by atoms with Gasteiger partial charge >= 0.3 is 0 Å². The molecule has 0 aromatic rings. The van der Waals surface area contributed by atoms with Crippen LogP contribution in [0.15, 0.2) is 0 Å². The smallest absolute Gasteiger partial charge is 0.248 e. The Morgan fingerprint density at radius 2 is 2.07 bits per heavy atom. The SMILES string of the molecule is COCCOCC(=O)N(C)C(C)CN.Cl. The number of rotatable bonds is 7. The number of carbonyl (C=O) groups is 1. The molecule has 1 amide bonds. The van der Waals surface area contributed by atoms with Gasteiger partial charge in [0, 0.05) is 26.7 Å². The summed E-state index contributed by atoms with van der Waals surface area (Å²) < 4.78 is 9.88. The van der Waals surface area contributed by atoms with Crippen LogP contribution in [0.25, 0.3) is 0 Å². The third-order valence-electron chi connectivity index (χ3n) is 2.05. The number of nitrogens with zero attached hydrogens (tertiary/aromatic N) is 1. The number of nitrogens with two attached hydrogens (primary N) is 1. The average molecular weight is 241 g/mol. The summed E-state index contributed by atoms with van der Waals surface area (Å²) in [5.74, 6) is -0.0564. The lowest BCUT2D eigenvalue weighted by molar-refractivity contribution is -0.136. The molecule has 6 heteroatoms. The zero-order chi connectivity index (χ0) is 11.0. The van der Waals surface area contributed by atoms with E-state index in [1.807, 2.05) is 6.92 Å². The summed E-state index contributed by atoms with van der Waals surface area (Å²) in [5.41, 5.74) is 5.43. The highest BCUT2D eigenvalue weighted by Crippen LogP contribution is 1.94. The van der Waals surface area contributed by atoms with Crippen LogP contribution >= 0.6 is 12.4 Å². The summed E-state index contributed by atoms with van der Waals surface area (Å²) in [6, 6.07) is 0.0496. The summed E-state index contributed by atoms with van der Waals surface area (Å²) in [4.78, 5) is 13.0. The molecular formula is C9H21ClN2O3. The van der Waals surface area contributed by atoms with Crippen LogP contribution in [0, 0.1) is 0 Å². The van der Waals surface area contributed by atoms with Crippen LogP contribution in [-0.4, -0.2) is 57.4 Å². The minimum atomic E-state index is -0.0564. The largest absolute Gasteiger partial charge is 0.382 e. The fraction of sp³-hybridized carbons (Fsp3) is 0.889. The van der Waals surface area contributed by atoms with Gasteiger partial charge in [0.15, 0.2) is 0 Å². The van der Waals surface area contributed by atoms with Crippen molar-refractivity contribution in [2.45, 2.75) is 13.0 Å². The van der Waals surface area contributed by atoms with Crippen molar-refractivity contribution in [3.05, 3.63) is 0 Å². The molecule has 5 nitrogen and oxygen atoms in total. The molecule has 0 aliphatic carbocycles. The molecule has 1 atom stereocenters. The van der Waals surface area contributed by atoms with Gasteiger partial charge < -0.3 is 20.1 Å². The number of halogens is 1. The van der Waals surface area contributed by atoms with E-state index in [0.29, 0.717) is 19.8 Å². The molecule has 0 rings (SSSR count). The summed E-state index contributed by atoms with van der Waals surface area (Å²) in [7, 11) is 3.31. The van der Waals surface area contributed by atoms with Gasteiger partial charge in [0.05, 0.1) is 13.2 Å². The summed E-state index contributed by atoms with van der Waals surface area (Å²) in [5, 5.41) is 0. The second-order valence-electron chi connectivity index (χ2n) is 3.13. The fourth-order valence-corrected chi connectivity index (χ4v) is 0.807. The fourth-order valence-electron chi connectivity index (χ4n) is 0.807. The standard InChI is InChI=1S/C9H20N2O3.ClH/c1-8(6-10)11(2)9(12)7-14-5-4-13-3;/h8H,4-7,10H2,1-3H3;1H. The highest BCUT2D eigenvalue weighted by Gasteiger charge is 2.13. The van der Waals surface area contributed by atoms with Gasteiger partial charge in [-0.2, -0.15) is 0 Å². The Labute approximate surface area is 97.3 Å². The van der Waals surface area contributed by atoms with Gasteiger partial charge in [-0.15, -0.1) is 12.4 Å². The molecule has 0 aliphatic rings. The number of likely N-dealkylation sites (N-methyl/N-ethyl adjacent to an activating group) is 1. The molecule has 92 valence electrons. The van der Waals surface area contributed by atoms with Crippen molar-refractivity contribution < 1.29 is 14.3 Å². The lowest BCUT2D eigenvalue weighted by Gasteiger charge is -2.23. The first-order valence-electron chi connectivity index (χ1n) is 4.65. The van der Waals surface area contributed by atoms with E-state index in [0.717, 1.165) is 0 Å². The highest BCUT2D eigenvalue weighted by atomic mass is 35.5. The molecule has 0 saturated heterocycles. The lowest BCUT2D eigenvalue weighted by atomic mass is 10.3. The first kappa shape index (κ1) is 17.0. The monoisotopic (exact) mass is 240 g/mol. The highest BCUT2D eigenvalue weighted by molar-refractivity contribution is 5.85. The number of amides is 1. The molecule has 15 heavy (non-hydrogen) atoms. The maximum absolute atomic E-state index is 11.4. The molecule has 0 radical (unpaired) electrons. The Hall–Kier alpha value is -0.360. The Bertz CT molecular complexity index is 169. The van der Waals surface area contributed by atoms with Crippen LogP contribution in [0.1, 0.15) is 6.92 Å². The average Bonchev–Trinajstić information content (AvgIpc) is 2.21. The van der Waals surface area contributed by atoms with Gasteiger partial charge in [-0.1, -0.05) is 0 Å². The second-order valence-corrected chi connectivity index (χ2v) is 3.13. The number of hydrogen-bond donors (Lipinski definition) is 1. The van der Waals surface area contributed by atoms with E-state index in [4.69, 9.17) is 15.2 Å².